The van der Waals surface area contributed by atoms with E-state index in [0.717, 1.165) is 28.9 Å². The predicted molar refractivity (Wildman–Crippen MR) is 121 cm³/mol. The van der Waals surface area contributed by atoms with E-state index in [1.807, 2.05) is 33.8 Å². The molecule has 0 saturated heterocycles. The first-order valence-corrected chi connectivity index (χ1v) is 12.5. The highest BCUT2D eigenvalue weighted by Gasteiger charge is 2.35. The van der Waals surface area contributed by atoms with E-state index < -0.39 is 16.0 Å². The monoisotopic (exact) mass is 464 g/mol. The van der Waals surface area contributed by atoms with Gasteiger partial charge in [0, 0.05) is 17.3 Å². The standard InChI is InChI=1S/C22H28N2O5S2/c1-6-13(2)20(25)24-11-10-16-18(12-24)30-22(19(16)21(26)29-5)31(27,28)23-17-9-7-8-14(3)15(17)4/h7-9,13,23H,6,10-12H2,1-5H3/t13-/m1/s1. The maximum Gasteiger partial charge on any atom is 0.340 e. The number of aryl methyl sites for hydroxylation is 1. The average molecular weight is 465 g/mol. The number of hydrogen-bond donors (Lipinski definition) is 1. The number of nitrogens with one attached hydrogen (secondary N) is 1. The van der Waals surface area contributed by atoms with Crippen LogP contribution in [0.5, 0.6) is 0 Å². The number of carbonyl (C=O) groups excluding carboxylic acids is 2. The van der Waals surface area contributed by atoms with Gasteiger partial charge in [0.05, 0.1) is 24.9 Å². The number of fused-ring (bicyclic) bond motifs is 1. The normalized spacial score (nSPS) is 14.7. The lowest BCUT2D eigenvalue weighted by molar-refractivity contribution is -0.135. The number of anilines is 1. The fourth-order valence-corrected chi connectivity index (χ4v) is 6.63. The Kier molecular flexibility index (Phi) is 6.76. The number of nitrogens with zero attached hydrogens (tertiary/aromatic N) is 1. The van der Waals surface area contributed by atoms with Gasteiger partial charge < -0.3 is 9.64 Å². The molecule has 168 valence electrons. The summed E-state index contributed by atoms with van der Waals surface area (Å²) < 4.78 is 34.1. The van der Waals surface area contributed by atoms with Crippen molar-refractivity contribution in [1.29, 1.82) is 0 Å². The molecule has 0 aliphatic carbocycles. The molecule has 0 unspecified atom stereocenters. The molecule has 0 bridgehead atoms. The molecule has 0 spiro atoms. The molecule has 0 radical (unpaired) electrons. The fraction of sp³-hybridized carbons (Fsp3) is 0.455. The van der Waals surface area contributed by atoms with Gasteiger partial charge >= 0.3 is 5.97 Å². The molecule has 3 rings (SSSR count). The van der Waals surface area contributed by atoms with Gasteiger partial charge in [-0.2, -0.15) is 0 Å². The van der Waals surface area contributed by atoms with Gasteiger partial charge in [-0.1, -0.05) is 26.0 Å². The molecule has 31 heavy (non-hydrogen) atoms. The van der Waals surface area contributed by atoms with Gasteiger partial charge in [0.25, 0.3) is 10.0 Å². The highest BCUT2D eigenvalue weighted by atomic mass is 32.2. The lowest BCUT2D eigenvalue weighted by Gasteiger charge is -2.29. The highest BCUT2D eigenvalue weighted by Crippen LogP contribution is 2.38. The Labute approximate surface area is 187 Å². The van der Waals surface area contributed by atoms with Gasteiger partial charge in [-0.15, -0.1) is 11.3 Å². The minimum Gasteiger partial charge on any atom is -0.465 e. The number of methoxy groups -OCH3 is 1. The number of sulfonamides is 1. The maximum atomic E-state index is 13.3. The third-order valence-electron chi connectivity index (χ3n) is 5.85. The van der Waals surface area contributed by atoms with Gasteiger partial charge in [0.1, 0.15) is 0 Å². The summed E-state index contributed by atoms with van der Waals surface area (Å²) in [4.78, 5) is 27.7. The van der Waals surface area contributed by atoms with Crippen LogP contribution >= 0.6 is 11.3 Å². The third-order valence-corrected chi connectivity index (χ3v) is 8.95. The van der Waals surface area contributed by atoms with Crippen molar-refractivity contribution in [2.75, 3.05) is 18.4 Å². The van der Waals surface area contributed by atoms with Gasteiger partial charge in [0.2, 0.25) is 5.91 Å². The van der Waals surface area contributed by atoms with E-state index in [9.17, 15) is 18.0 Å². The number of thiophene rings is 1. The summed E-state index contributed by atoms with van der Waals surface area (Å²) in [5.41, 5.74) is 2.98. The smallest absolute Gasteiger partial charge is 0.340 e. The molecule has 1 N–H and O–H groups in total. The van der Waals surface area contributed by atoms with E-state index in [0.29, 0.717) is 35.6 Å². The Morgan fingerprint density at radius 3 is 2.65 bits per heavy atom. The lowest BCUT2D eigenvalue weighted by Crippen LogP contribution is -2.38. The quantitative estimate of drug-likeness (QED) is 0.655. The predicted octanol–water partition coefficient (Wildman–Crippen LogP) is 3.88. The van der Waals surface area contributed by atoms with Crippen LogP contribution in [0.3, 0.4) is 0 Å². The number of hydrogen-bond acceptors (Lipinski definition) is 6. The number of esters is 1. The number of benzene rings is 1. The fourth-order valence-electron chi connectivity index (χ4n) is 3.60. The molecule has 7 nitrogen and oxygen atoms in total. The molecule has 0 saturated carbocycles. The SMILES string of the molecule is CC[C@@H](C)C(=O)N1CCc2c(sc(S(=O)(=O)Nc3cccc(C)c3C)c2C(=O)OC)C1. The van der Waals surface area contributed by atoms with E-state index >= 15 is 0 Å². The zero-order valence-electron chi connectivity index (χ0n) is 18.4. The van der Waals surface area contributed by atoms with Crippen LogP contribution in [-0.2, 0) is 32.5 Å². The van der Waals surface area contributed by atoms with Crippen LogP contribution in [0.4, 0.5) is 5.69 Å². The molecule has 1 atom stereocenters. The van der Waals surface area contributed by atoms with Crippen LogP contribution < -0.4 is 4.72 Å². The zero-order valence-corrected chi connectivity index (χ0v) is 20.1. The summed E-state index contributed by atoms with van der Waals surface area (Å²) in [6.45, 7) is 8.33. The number of carbonyl (C=O) groups is 2. The molecule has 1 aromatic carbocycles. The van der Waals surface area contributed by atoms with Crippen molar-refractivity contribution in [3.8, 4) is 0 Å². The first kappa shape index (κ1) is 23.3. The van der Waals surface area contributed by atoms with Crippen LogP contribution in [-0.4, -0.2) is 38.8 Å². The molecule has 1 amide bonds. The highest BCUT2D eigenvalue weighted by molar-refractivity contribution is 7.94. The van der Waals surface area contributed by atoms with E-state index in [4.69, 9.17) is 4.74 Å². The van der Waals surface area contributed by atoms with Crippen molar-refractivity contribution in [3.63, 3.8) is 0 Å². The Bertz CT molecular complexity index is 1120. The second-order valence-electron chi connectivity index (χ2n) is 7.83. The Hall–Kier alpha value is -2.39. The zero-order chi connectivity index (χ0) is 22.9. The van der Waals surface area contributed by atoms with Crippen molar-refractivity contribution >= 4 is 38.9 Å². The first-order valence-electron chi connectivity index (χ1n) is 10.2. The van der Waals surface area contributed by atoms with Crippen molar-refractivity contribution in [1.82, 2.24) is 4.90 Å². The average Bonchev–Trinajstić information content (AvgIpc) is 3.15. The minimum absolute atomic E-state index is 0.0408. The topological polar surface area (TPSA) is 92.8 Å². The molecular formula is C22H28N2O5S2. The molecular weight excluding hydrogens is 436 g/mol. The number of ether oxygens (including phenoxy) is 1. The summed E-state index contributed by atoms with van der Waals surface area (Å²) in [7, 11) is -2.79. The van der Waals surface area contributed by atoms with Crippen molar-refractivity contribution in [2.45, 2.75) is 51.3 Å². The molecule has 0 fully saturated rings. The van der Waals surface area contributed by atoms with Crippen LogP contribution in [0.25, 0.3) is 0 Å². The van der Waals surface area contributed by atoms with Crippen LogP contribution in [0.15, 0.2) is 22.4 Å². The Balaban J connectivity index is 2.03. The summed E-state index contributed by atoms with van der Waals surface area (Å²) in [6, 6.07) is 5.37. The molecule has 2 aromatic rings. The second kappa shape index (κ2) is 9.00. The van der Waals surface area contributed by atoms with Crippen LogP contribution in [0.1, 0.15) is 52.2 Å². The maximum absolute atomic E-state index is 13.3. The molecule has 1 aliphatic rings. The lowest BCUT2D eigenvalue weighted by atomic mass is 10.0. The number of rotatable bonds is 6. The summed E-state index contributed by atoms with van der Waals surface area (Å²) in [6.07, 6.45) is 1.15. The third kappa shape index (κ3) is 4.48. The first-order chi connectivity index (χ1) is 14.6. The van der Waals surface area contributed by atoms with Gasteiger partial charge in [-0.3, -0.25) is 9.52 Å². The molecule has 9 heteroatoms. The van der Waals surface area contributed by atoms with E-state index in [1.165, 1.54) is 7.11 Å². The molecule has 2 heterocycles. The van der Waals surface area contributed by atoms with Crippen molar-refractivity contribution < 1.29 is 22.7 Å². The van der Waals surface area contributed by atoms with Crippen molar-refractivity contribution in [2.24, 2.45) is 5.92 Å². The molecule has 1 aromatic heterocycles. The van der Waals surface area contributed by atoms with E-state index in [-0.39, 0.29) is 21.6 Å². The minimum atomic E-state index is -4.03. The van der Waals surface area contributed by atoms with Gasteiger partial charge in [0.15, 0.2) is 4.21 Å². The largest absolute Gasteiger partial charge is 0.465 e. The summed E-state index contributed by atoms with van der Waals surface area (Å²) >= 11 is 1.04. The van der Waals surface area contributed by atoms with Gasteiger partial charge in [-0.05, 0) is 49.4 Å². The summed E-state index contributed by atoms with van der Waals surface area (Å²) in [5, 5.41) is 0. The molecule has 1 aliphatic heterocycles. The number of amides is 1. The van der Waals surface area contributed by atoms with Crippen LogP contribution in [0.2, 0.25) is 0 Å². The van der Waals surface area contributed by atoms with E-state index in [1.54, 1.807) is 17.0 Å². The Morgan fingerprint density at radius 1 is 1.29 bits per heavy atom. The van der Waals surface area contributed by atoms with Crippen LogP contribution in [0, 0.1) is 19.8 Å². The van der Waals surface area contributed by atoms with E-state index in [2.05, 4.69) is 4.72 Å². The van der Waals surface area contributed by atoms with Gasteiger partial charge in [-0.25, -0.2) is 13.2 Å². The summed E-state index contributed by atoms with van der Waals surface area (Å²) in [5.74, 6) is -0.740. The van der Waals surface area contributed by atoms with Crippen molar-refractivity contribution in [3.05, 3.63) is 45.3 Å². The Morgan fingerprint density at radius 2 is 2.00 bits per heavy atom. The second-order valence-corrected chi connectivity index (χ2v) is 10.8.